The van der Waals surface area contributed by atoms with Gasteiger partial charge in [-0.2, -0.15) is 0 Å². The van der Waals surface area contributed by atoms with Crippen molar-refractivity contribution in [3.05, 3.63) is 41.6 Å². The van der Waals surface area contributed by atoms with Crippen LogP contribution in [0.15, 0.2) is 22.9 Å². The number of amides is 1. The van der Waals surface area contributed by atoms with Crippen molar-refractivity contribution in [1.29, 1.82) is 0 Å². The van der Waals surface area contributed by atoms with Crippen LogP contribution in [0.4, 0.5) is 4.39 Å². The molecule has 0 saturated carbocycles. The fourth-order valence-corrected chi connectivity index (χ4v) is 3.82. The highest BCUT2D eigenvalue weighted by Crippen LogP contribution is 2.28. The average molecular weight is 373 g/mol. The van der Waals surface area contributed by atoms with Gasteiger partial charge in [-0.15, -0.1) is 10.2 Å². The van der Waals surface area contributed by atoms with Crippen LogP contribution >= 0.6 is 0 Å². The number of carbonyl (C=O) groups excluding carboxylic acids is 1. The molecule has 8 heteroatoms. The zero-order valence-electron chi connectivity index (χ0n) is 15.3. The molecule has 0 aliphatic carbocycles. The quantitative estimate of drug-likeness (QED) is 0.799. The Labute approximate surface area is 157 Å². The predicted octanol–water partition coefficient (Wildman–Crippen LogP) is 2.15. The fourth-order valence-electron chi connectivity index (χ4n) is 3.82. The van der Waals surface area contributed by atoms with Gasteiger partial charge in [0.05, 0.1) is 6.20 Å². The van der Waals surface area contributed by atoms with Gasteiger partial charge in [-0.3, -0.25) is 14.7 Å². The van der Waals surface area contributed by atoms with Crippen molar-refractivity contribution in [2.24, 2.45) is 0 Å². The van der Waals surface area contributed by atoms with Crippen LogP contribution in [-0.4, -0.2) is 57.1 Å². The highest BCUT2D eigenvalue weighted by molar-refractivity contribution is 5.78. The number of halogens is 1. The molecule has 0 aromatic carbocycles. The first-order valence-corrected chi connectivity index (χ1v) is 9.60. The van der Waals surface area contributed by atoms with Gasteiger partial charge in [-0.05, 0) is 44.8 Å². The molecule has 0 radical (unpaired) electrons. The molecule has 7 nitrogen and oxygen atoms in total. The molecule has 4 rings (SSSR count). The van der Waals surface area contributed by atoms with Crippen LogP contribution in [0.2, 0.25) is 0 Å². The van der Waals surface area contributed by atoms with E-state index in [1.807, 2.05) is 4.90 Å². The third-order valence-corrected chi connectivity index (χ3v) is 5.43. The molecule has 2 aliphatic heterocycles. The summed E-state index contributed by atoms with van der Waals surface area (Å²) in [5.41, 5.74) is 0.670. The maximum Gasteiger partial charge on any atom is 0.231 e. The topological polar surface area (TPSA) is 75.4 Å². The maximum absolute atomic E-state index is 13.8. The first-order valence-electron chi connectivity index (χ1n) is 9.60. The van der Waals surface area contributed by atoms with E-state index in [9.17, 15) is 9.18 Å². The number of hydrogen-bond donors (Lipinski definition) is 0. The van der Waals surface area contributed by atoms with E-state index >= 15 is 0 Å². The minimum absolute atomic E-state index is 0.0666. The summed E-state index contributed by atoms with van der Waals surface area (Å²) in [4.78, 5) is 20.1. The number of aromatic nitrogens is 3. The van der Waals surface area contributed by atoms with Crippen LogP contribution in [0.3, 0.4) is 0 Å². The Bertz CT molecular complexity index is 782. The third-order valence-electron chi connectivity index (χ3n) is 5.43. The number of hydrogen-bond acceptors (Lipinski definition) is 6. The van der Waals surface area contributed by atoms with Gasteiger partial charge in [-0.25, -0.2) is 4.39 Å². The van der Waals surface area contributed by atoms with Crippen molar-refractivity contribution in [2.45, 2.75) is 44.6 Å². The van der Waals surface area contributed by atoms with Gasteiger partial charge in [0.2, 0.25) is 17.7 Å². The Morgan fingerprint density at radius 1 is 1.19 bits per heavy atom. The summed E-state index contributed by atoms with van der Waals surface area (Å²) >= 11 is 0. The molecule has 27 heavy (non-hydrogen) atoms. The number of likely N-dealkylation sites (tertiary alicyclic amines) is 2. The number of piperidine rings is 1. The molecule has 144 valence electrons. The Kier molecular flexibility index (Phi) is 5.42. The van der Waals surface area contributed by atoms with Gasteiger partial charge >= 0.3 is 0 Å². The lowest BCUT2D eigenvalue weighted by atomic mass is 9.96. The Balaban J connectivity index is 1.29. The van der Waals surface area contributed by atoms with E-state index in [1.54, 1.807) is 12.3 Å². The third kappa shape index (κ3) is 4.32. The maximum atomic E-state index is 13.8. The van der Waals surface area contributed by atoms with Crippen LogP contribution in [-0.2, 0) is 17.8 Å². The SMILES string of the molecule is O=C(Cc1nnc(C2CCN(Cc3ccncc3F)CC2)o1)N1CCCC1. The van der Waals surface area contributed by atoms with E-state index in [1.165, 1.54) is 6.20 Å². The lowest BCUT2D eigenvalue weighted by Gasteiger charge is -2.30. The number of pyridine rings is 1. The van der Waals surface area contributed by atoms with Gasteiger partial charge in [0.15, 0.2) is 0 Å². The van der Waals surface area contributed by atoms with Crippen LogP contribution < -0.4 is 0 Å². The number of rotatable bonds is 5. The van der Waals surface area contributed by atoms with E-state index in [4.69, 9.17) is 4.42 Å². The second-order valence-corrected chi connectivity index (χ2v) is 7.32. The normalized spacial score (nSPS) is 18.9. The van der Waals surface area contributed by atoms with Crippen molar-refractivity contribution >= 4 is 5.91 Å². The van der Waals surface area contributed by atoms with Crippen LogP contribution in [0.25, 0.3) is 0 Å². The number of nitrogens with zero attached hydrogens (tertiary/aromatic N) is 5. The number of carbonyl (C=O) groups is 1. The summed E-state index contributed by atoms with van der Waals surface area (Å²) in [6, 6.07) is 1.73. The molecule has 2 aromatic heterocycles. The lowest BCUT2D eigenvalue weighted by molar-refractivity contribution is -0.129. The molecule has 1 amide bonds. The highest BCUT2D eigenvalue weighted by Gasteiger charge is 2.26. The predicted molar refractivity (Wildman–Crippen MR) is 95.3 cm³/mol. The first kappa shape index (κ1) is 18.0. The Morgan fingerprint density at radius 3 is 2.70 bits per heavy atom. The van der Waals surface area contributed by atoms with E-state index in [0.29, 0.717) is 23.9 Å². The molecule has 2 aromatic rings. The summed E-state index contributed by atoms with van der Waals surface area (Å²) in [7, 11) is 0. The Morgan fingerprint density at radius 2 is 1.96 bits per heavy atom. The molecular formula is C19H24FN5O2. The molecule has 0 N–H and O–H groups in total. The smallest absolute Gasteiger partial charge is 0.231 e. The molecule has 0 unspecified atom stereocenters. The zero-order chi connectivity index (χ0) is 18.6. The van der Waals surface area contributed by atoms with Gasteiger partial charge in [0.1, 0.15) is 12.2 Å². The van der Waals surface area contributed by atoms with Crippen molar-refractivity contribution in [3.63, 3.8) is 0 Å². The highest BCUT2D eigenvalue weighted by atomic mass is 19.1. The molecule has 4 heterocycles. The van der Waals surface area contributed by atoms with Gasteiger partial charge in [0.25, 0.3) is 0 Å². The molecule has 0 spiro atoms. The second kappa shape index (κ2) is 8.12. The summed E-state index contributed by atoms with van der Waals surface area (Å²) in [6.45, 7) is 3.93. The van der Waals surface area contributed by atoms with E-state index < -0.39 is 0 Å². The Hall–Kier alpha value is -2.35. The van der Waals surface area contributed by atoms with Crippen molar-refractivity contribution in [2.75, 3.05) is 26.2 Å². The molecule has 0 atom stereocenters. The molecular weight excluding hydrogens is 349 g/mol. The van der Waals surface area contributed by atoms with E-state index in [-0.39, 0.29) is 24.1 Å². The van der Waals surface area contributed by atoms with Gasteiger partial charge in [-0.1, -0.05) is 0 Å². The zero-order valence-corrected chi connectivity index (χ0v) is 15.3. The summed E-state index contributed by atoms with van der Waals surface area (Å²) in [5, 5.41) is 8.24. The van der Waals surface area contributed by atoms with Crippen LogP contribution in [0.5, 0.6) is 0 Å². The molecule has 2 aliphatic rings. The summed E-state index contributed by atoms with van der Waals surface area (Å²) in [5.74, 6) is 1.03. The van der Waals surface area contributed by atoms with Crippen LogP contribution in [0, 0.1) is 5.82 Å². The summed E-state index contributed by atoms with van der Waals surface area (Å²) < 4.78 is 19.5. The van der Waals surface area contributed by atoms with Crippen molar-refractivity contribution in [1.82, 2.24) is 25.0 Å². The largest absolute Gasteiger partial charge is 0.424 e. The fraction of sp³-hybridized carbons (Fsp3) is 0.579. The van der Waals surface area contributed by atoms with E-state index in [2.05, 4.69) is 20.1 Å². The second-order valence-electron chi connectivity index (χ2n) is 7.32. The van der Waals surface area contributed by atoms with Crippen LogP contribution in [0.1, 0.15) is 48.9 Å². The van der Waals surface area contributed by atoms with E-state index in [0.717, 1.165) is 51.9 Å². The molecule has 0 bridgehead atoms. The minimum Gasteiger partial charge on any atom is -0.424 e. The molecule has 2 fully saturated rings. The average Bonchev–Trinajstić information content (AvgIpc) is 3.36. The first-order chi connectivity index (χ1) is 13.2. The summed E-state index contributed by atoms with van der Waals surface area (Å²) in [6.07, 6.45) is 6.97. The van der Waals surface area contributed by atoms with Gasteiger partial charge in [0, 0.05) is 37.3 Å². The lowest BCUT2D eigenvalue weighted by Crippen LogP contribution is -2.32. The monoisotopic (exact) mass is 373 g/mol. The standard InChI is InChI=1S/C19H24FN5O2/c20-16-12-21-6-3-15(16)13-24-9-4-14(5-10-24)19-23-22-17(27-19)11-18(26)25-7-1-2-8-25/h3,6,12,14H,1-2,4-5,7-11,13H2. The molecule has 2 saturated heterocycles. The van der Waals surface area contributed by atoms with Gasteiger partial charge < -0.3 is 9.32 Å². The van der Waals surface area contributed by atoms with Crippen molar-refractivity contribution < 1.29 is 13.6 Å². The van der Waals surface area contributed by atoms with Crippen molar-refractivity contribution in [3.8, 4) is 0 Å². The minimum atomic E-state index is -0.260.